The van der Waals surface area contributed by atoms with Crippen LogP contribution in [0.4, 0.5) is 13.2 Å². The Morgan fingerprint density at radius 1 is 1.13 bits per heavy atom. The topological polar surface area (TPSA) is 70.5 Å². The molecule has 6 nitrogen and oxygen atoms in total. The fourth-order valence-electron chi connectivity index (χ4n) is 3.21. The highest BCUT2D eigenvalue weighted by atomic mass is 35.5. The zero-order chi connectivity index (χ0) is 22.2. The highest BCUT2D eigenvalue weighted by Gasteiger charge is 2.31. The van der Waals surface area contributed by atoms with Gasteiger partial charge < -0.3 is 9.84 Å². The van der Waals surface area contributed by atoms with Crippen molar-refractivity contribution in [3.05, 3.63) is 88.1 Å². The molecule has 0 aliphatic heterocycles. The minimum atomic E-state index is -4.90. The van der Waals surface area contributed by atoms with E-state index in [1.807, 2.05) is 0 Å². The standard InChI is InChI=1S/C21H13ClF3N3O3/c22-16-8-7-13(11-26-16)12-28-17-6-1-2-9-27(17)19(29)18(20(28)30)14-4-3-5-15(10-14)31-21(23,24)25/h1-11H,12H2. The van der Waals surface area contributed by atoms with Gasteiger partial charge in [0.25, 0.3) is 5.65 Å². The lowest BCUT2D eigenvalue weighted by Gasteiger charge is -2.17. The Kier molecular flexibility index (Phi) is 5.28. The number of pyridine rings is 2. The van der Waals surface area contributed by atoms with Gasteiger partial charge in [0.15, 0.2) is 0 Å². The highest BCUT2D eigenvalue weighted by Crippen LogP contribution is 2.29. The van der Waals surface area contributed by atoms with Crippen LogP contribution in [0.2, 0.25) is 5.15 Å². The van der Waals surface area contributed by atoms with Gasteiger partial charge in [-0.3, -0.25) is 0 Å². The number of rotatable bonds is 4. The van der Waals surface area contributed by atoms with Gasteiger partial charge in [-0.1, -0.05) is 35.9 Å². The molecule has 0 saturated heterocycles. The third-order valence-corrected chi connectivity index (χ3v) is 4.72. The first-order chi connectivity index (χ1) is 14.7. The summed E-state index contributed by atoms with van der Waals surface area (Å²) in [5, 5.41) is 13.6. The highest BCUT2D eigenvalue weighted by molar-refractivity contribution is 6.29. The molecule has 0 aliphatic rings. The zero-order valence-electron chi connectivity index (χ0n) is 15.6. The molecule has 4 rings (SSSR count). The third-order valence-electron chi connectivity index (χ3n) is 4.49. The van der Waals surface area contributed by atoms with Gasteiger partial charge in [0.1, 0.15) is 23.0 Å². The van der Waals surface area contributed by atoms with Gasteiger partial charge in [-0.05, 0) is 29.8 Å². The molecule has 158 valence electrons. The molecule has 0 N–H and O–H groups in total. The maximum absolute atomic E-state index is 13.3. The van der Waals surface area contributed by atoms with Crippen molar-refractivity contribution in [1.82, 2.24) is 9.38 Å². The predicted octanol–water partition coefficient (Wildman–Crippen LogP) is 3.32. The zero-order valence-corrected chi connectivity index (χ0v) is 16.4. The van der Waals surface area contributed by atoms with Crippen molar-refractivity contribution in [3.63, 3.8) is 0 Å². The van der Waals surface area contributed by atoms with E-state index in [1.165, 1.54) is 33.5 Å². The Morgan fingerprint density at radius 2 is 1.94 bits per heavy atom. The summed E-state index contributed by atoms with van der Waals surface area (Å²) >= 11 is 5.81. The summed E-state index contributed by atoms with van der Waals surface area (Å²) in [7, 11) is 0. The van der Waals surface area contributed by atoms with Crippen LogP contribution in [-0.2, 0) is 6.54 Å². The van der Waals surface area contributed by atoms with Crippen LogP contribution in [0.25, 0.3) is 16.8 Å². The lowest BCUT2D eigenvalue weighted by atomic mass is 10.1. The molecule has 3 aromatic heterocycles. The van der Waals surface area contributed by atoms with Gasteiger partial charge in [0, 0.05) is 17.8 Å². The van der Waals surface area contributed by atoms with E-state index in [1.54, 1.807) is 30.3 Å². The molecule has 0 spiro atoms. The SMILES string of the molecule is O=c1c(-c2cccc(OC(F)(F)F)c2)c([O-])[n+](Cc2ccc(Cl)nc2)c2ccccn12. The second-order valence-electron chi connectivity index (χ2n) is 6.57. The van der Waals surface area contributed by atoms with Crippen molar-refractivity contribution < 1.29 is 27.6 Å². The van der Waals surface area contributed by atoms with Crippen molar-refractivity contribution in [1.29, 1.82) is 0 Å². The molecular formula is C21H13ClF3N3O3. The molecule has 0 saturated carbocycles. The molecule has 31 heavy (non-hydrogen) atoms. The lowest BCUT2D eigenvalue weighted by molar-refractivity contribution is -0.708. The van der Waals surface area contributed by atoms with Crippen LogP contribution in [0.15, 0.2) is 71.8 Å². The molecule has 0 atom stereocenters. The number of alkyl halides is 3. The molecular weight excluding hydrogens is 435 g/mol. The summed E-state index contributed by atoms with van der Waals surface area (Å²) in [6.45, 7) is 0.0720. The van der Waals surface area contributed by atoms with Crippen LogP contribution in [0.1, 0.15) is 5.56 Å². The molecule has 1 aromatic carbocycles. The Balaban J connectivity index is 1.92. The number of hydrogen-bond donors (Lipinski definition) is 0. The maximum atomic E-state index is 13.3. The van der Waals surface area contributed by atoms with E-state index in [0.29, 0.717) is 11.2 Å². The van der Waals surface area contributed by atoms with Crippen molar-refractivity contribution in [2.45, 2.75) is 12.9 Å². The fraction of sp³-hybridized carbons (Fsp3) is 0.0952. The number of fused-ring (bicyclic) bond motifs is 1. The van der Waals surface area contributed by atoms with Crippen LogP contribution in [0, 0.1) is 0 Å². The summed E-state index contributed by atoms with van der Waals surface area (Å²) in [6, 6.07) is 12.9. The summed E-state index contributed by atoms with van der Waals surface area (Å²) in [4.78, 5) is 17.0. The molecule has 10 heteroatoms. The fourth-order valence-corrected chi connectivity index (χ4v) is 3.32. The Labute approximate surface area is 178 Å². The monoisotopic (exact) mass is 447 g/mol. The minimum Gasteiger partial charge on any atom is -0.842 e. The smallest absolute Gasteiger partial charge is 0.573 e. The Morgan fingerprint density at radius 3 is 2.65 bits per heavy atom. The molecule has 4 aromatic rings. The number of halogens is 4. The van der Waals surface area contributed by atoms with Crippen molar-refractivity contribution in [3.8, 4) is 22.8 Å². The van der Waals surface area contributed by atoms with E-state index in [2.05, 4.69) is 9.72 Å². The van der Waals surface area contributed by atoms with Crippen LogP contribution < -0.4 is 20.0 Å². The molecule has 0 unspecified atom stereocenters. The summed E-state index contributed by atoms with van der Waals surface area (Å²) < 4.78 is 44.4. The number of nitrogens with zero attached hydrogens (tertiary/aromatic N) is 3. The molecule has 0 fully saturated rings. The quantitative estimate of drug-likeness (QED) is 0.355. The number of ether oxygens (including phenoxy) is 1. The van der Waals surface area contributed by atoms with Crippen molar-refractivity contribution in [2.75, 3.05) is 0 Å². The van der Waals surface area contributed by atoms with Crippen LogP contribution in [0.5, 0.6) is 11.6 Å². The van der Waals surface area contributed by atoms with E-state index in [4.69, 9.17) is 11.6 Å². The van der Waals surface area contributed by atoms with Crippen LogP contribution in [-0.4, -0.2) is 15.7 Å². The number of aromatic nitrogens is 3. The molecule has 0 aliphatic carbocycles. The molecule has 0 radical (unpaired) electrons. The second-order valence-corrected chi connectivity index (χ2v) is 6.95. The first-order valence-corrected chi connectivity index (χ1v) is 9.31. The van der Waals surface area contributed by atoms with E-state index in [-0.39, 0.29) is 22.8 Å². The summed E-state index contributed by atoms with van der Waals surface area (Å²) in [6.07, 6.45) is -1.93. The van der Waals surface area contributed by atoms with Gasteiger partial charge in [-0.2, -0.15) is 4.40 Å². The maximum Gasteiger partial charge on any atom is 0.573 e. The molecule has 0 bridgehead atoms. The van der Waals surface area contributed by atoms with E-state index < -0.39 is 23.6 Å². The van der Waals surface area contributed by atoms with Crippen molar-refractivity contribution in [2.24, 2.45) is 0 Å². The van der Waals surface area contributed by atoms with E-state index in [0.717, 1.165) is 12.1 Å². The minimum absolute atomic E-state index is 0.0120. The van der Waals surface area contributed by atoms with E-state index in [9.17, 15) is 23.1 Å². The lowest BCUT2D eigenvalue weighted by Crippen LogP contribution is -2.44. The first-order valence-electron chi connectivity index (χ1n) is 8.94. The van der Waals surface area contributed by atoms with Crippen LogP contribution in [0.3, 0.4) is 0 Å². The Bertz CT molecular complexity index is 1320. The Hall–Kier alpha value is -3.59. The largest absolute Gasteiger partial charge is 0.842 e. The van der Waals surface area contributed by atoms with Gasteiger partial charge in [-0.15, -0.1) is 13.2 Å². The summed E-state index contributed by atoms with van der Waals surface area (Å²) in [5.74, 6) is -1.19. The first kappa shape index (κ1) is 20.7. The molecule has 3 heterocycles. The molecule has 0 amide bonds. The van der Waals surface area contributed by atoms with E-state index >= 15 is 0 Å². The second kappa shape index (κ2) is 7.92. The summed E-state index contributed by atoms with van der Waals surface area (Å²) in [5.41, 5.74) is 0.0429. The van der Waals surface area contributed by atoms with Crippen molar-refractivity contribution >= 4 is 17.2 Å². The van der Waals surface area contributed by atoms with Crippen LogP contribution >= 0.6 is 11.6 Å². The number of hydrogen-bond acceptors (Lipinski definition) is 4. The average molecular weight is 448 g/mol. The van der Waals surface area contributed by atoms with Gasteiger partial charge >= 0.3 is 11.9 Å². The third kappa shape index (κ3) is 4.31. The van der Waals surface area contributed by atoms with Gasteiger partial charge in [-0.25, -0.2) is 14.3 Å². The number of benzene rings is 1. The van der Waals surface area contributed by atoms with Gasteiger partial charge in [0.2, 0.25) is 0 Å². The average Bonchev–Trinajstić information content (AvgIpc) is 2.72. The predicted molar refractivity (Wildman–Crippen MR) is 104 cm³/mol. The van der Waals surface area contributed by atoms with Gasteiger partial charge in [0.05, 0.1) is 12.1 Å². The normalized spacial score (nSPS) is 11.6.